The number of carbonyl (C=O) groups excluding carboxylic acids is 5. The number of rotatable bonds is 14. The summed E-state index contributed by atoms with van der Waals surface area (Å²) in [6.07, 6.45) is 1.63. The Kier molecular flexibility index (Phi) is 12.7. The van der Waals surface area contributed by atoms with E-state index in [4.69, 9.17) is 5.73 Å². The topological polar surface area (TPSA) is 203 Å². The lowest BCUT2D eigenvalue weighted by atomic mass is 9.73. The third kappa shape index (κ3) is 9.95. The minimum absolute atomic E-state index is 0.0611. The molecule has 5 amide bonds. The van der Waals surface area contributed by atoms with Crippen LogP contribution >= 0.6 is 0 Å². The summed E-state index contributed by atoms with van der Waals surface area (Å²) in [5, 5.41) is 11.5. The summed E-state index contributed by atoms with van der Waals surface area (Å²) in [6, 6.07) is -2.75. The van der Waals surface area contributed by atoms with Crippen molar-refractivity contribution in [3.63, 3.8) is 0 Å². The van der Waals surface area contributed by atoms with Gasteiger partial charge in [-0.25, -0.2) is 4.79 Å². The average Bonchev–Trinajstić information content (AvgIpc) is 3.12. The minimum atomic E-state index is -2.45. The maximum Gasteiger partial charge on any atom is 0.315 e. The summed E-state index contributed by atoms with van der Waals surface area (Å²) in [5.74, 6) is -2.90. The Morgan fingerprint density at radius 2 is 1.65 bits per heavy atom. The first kappa shape index (κ1) is 36.6. The van der Waals surface area contributed by atoms with Gasteiger partial charge >= 0.3 is 6.03 Å². The van der Waals surface area contributed by atoms with Crippen LogP contribution in [0.5, 0.6) is 0 Å². The van der Waals surface area contributed by atoms with Crippen LogP contribution in [0.15, 0.2) is 0 Å². The van der Waals surface area contributed by atoms with Gasteiger partial charge in [0, 0.05) is 25.7 Å². The van der Waals surface area contributed by atoms with Gasteiger partial charge in [0.05, 0.1) is 19.1 Å². The Morgan fingerprint density at radius 1 is 1.02 bits per heavy atom. The first-order valence-electron chi connectivity index (χ1n) is 14.9. The maximum absolute atomic E-state index is 14.0. The second kappa shape index (κ2) is 14.9. The Hall–Kier alpha value is -2.62. The molecule has 2 aliphatic rings. The lowest BCUT2D eigenvalue weighted by Crippen LogP contribution is -2.61. The third-order valence-corrected chi connectivity index (χ3v) is 9.42. The molecule has 0 radical (unpaired) electrons. The summed E-state index contributed by atoms with van der Waals surface area (Å²) in [5.41, 5.74) is 3.94. The van der Waals surface area contributed by atoms with E-state index < -0.39 is 64.8 Å². The van der Waals surface area contributed by atoms with Gasteiger partial charge < -0.3 is 31.9 Å². The van der Waals surface area contributed by atoms with Crippen molar-refractivity contribution < 1.29 is 32.7 Å². The van der Waals surface area contributed by atoms with Crippen molar-refractivity contribution in [3.05, 3.63) is 0 Å². The molecule has 2 fully saturated rings. The summed E-state index contributed by atoms with van der Waals surface area (Å²) in [7, 11) is 0. The van der Waals surface area contributed by atoms with E-state index >= 15 is 0 Å². The number of primary amides is 1. The monoisotopic (exact) mass is 630 g/mol. The van der Waals surface area contributed by atoms with Gasteiger partial charge in [0.1, 0.15) is 12.1 Å². The summed E-state index contributed by atoms with van der Waals surface area (Å²) >= 11 is -2.45. The average molecular weight is 631 g/mol. The molecule has 43 heavy (non-hydrogen) atoms. The molecule has 0 spiro atoms. The van der Waals surface area contributed by atoms with Gasteiger partial charge in [-0.2, -0.15) is 4.55 Å². The third-order valence-electron chi connectivity index (χ3n) is 8.32. The molecular formula is C28H52N7O7S+. The van der Waals surface area contributed by atoms with Crippen LogP contribution in [0.25, 0.3) is 0 Å². The van der Waals surface area contributed by atoms with Crippen molar-refractivity contribution in [2.75, 3.05) is 32.7 Å². The number of hydrogen-bond acceptors (Lipinski definition) is 7. The predicted molar refractivity (Wildman–Crippen MR) is 164 cm³/mol. The minimum Gasteiger partial charge on any atom is -0.363 e. The molecule has 6 atom stereocenters. The quantitative estimate of drug-likeness (QED) is 0.0661. The molecule has 0 aromatic rings. The number of nitrogens with zero attached hydrogens (tertiary/aromatic N) is 2. The molecule has 1 saturated carbocycles. The number of fused-ring (bicyclic) bond motifs is 1. The van der Waals surface area contributed by atoms with E-state index in [1.807, 2.05) is 55.4 Å². The fourth-order valence-corrected chi connectivity index (χ4v) is 6.12. The van der Waals surface area contributed by atoms with Crippen LogP contribution in [-0.2, 0) is 34.7 Å². The Morgan fingerprint density at radius 3 is 2.12 bits per heavy atom. The van der Waals surface area contributed by atoms with Gasteiger partial charge in [-0.05, 0) is 53.6 Å². The highest BCUT2D eigenvalue weighted by Gasteiger charge is 2.53. The fourth-order valence-electron chi connectivity index (χ4n) is 5.46. The Bertz CT molecular complexity index is 1070. The molecule has 1 aliphatic carbocycles. The van der Waals surface area contributed by atoms with E-state index in [2.05, 4.69) is 21.3 Å². The molecular weight excluding hydrogens is 578 g/mol. The number of hydrogen-bond donors (Lipinski definition) is 6. The number of ketones is 1. The van der Waals surface area contributed by atoms with Crippen molar-refractivity contribution in [1.82, 2.24) is 30.5 Å². The smallest absolute Gasteiger partial charge is 0.315 e. The van der Waals surface area contributed by atoms with Gasteiger partial charge in [0.15, 0.2) is 0 Å². The van der Waals surface area contributed by atoms with Crippen LogP contribution in [0, 0.1) is 22.7 Å². The number of carbonyl (C=O) groups is 5. The predicted octanol–water partition coefficient (Wildman–Crippen LogP) is -0.0933. The zero-order valence-electron chi connectivity index (χ0n) is 26.7. The van der Waals surface area contributed by atoms with Gasteiger partial charge in [-0.3, -0.25) is 19.2 Å². The second-order valence-electron chi connectivity index (χ2n) is 14.0. The highest BCUT2D eigenvalue weighted by Crippen LogP contribution is 2.45. The summed E-state index contributed by atoms with van der Waals surface area (Å²) in [6.45, 7) is 16.1. The molecule has 1 heterocycles. The summed E-state index contributed by atoms with van der Waals surface area (Å²) in [4.78, 5) is 64.7. The zero-order chi connectivity index (χ0) is 32.9. The number of likely N-dealkylation sites (tertiary alicyclic amines) is 1. The van der Waals surface area contributed by atoms with Gasteiger partial charge in [0.25, 0.3) is 17.2 Å². The fraction of sp³-hybridized carbons (Fsp3) is 0.821. The normalized spacial score (nSPS) is 22.3. The molecule has 1 saturated heterocycles. The van der Waals surface area contributed by atoms with E-state index in [9.17, 15) is 32.7 Å². The summed E-state index contributed by atoms with van der Waals surface area (Å²) < 4.78 is 22.6. The van der Waals surface area contributed by atoms with Crippen molar-refractivity contribution in [2.45, 2.75) is 92.4 Å². The molecule has 0 aromatic carbocycles. The molecule has 0 aromatic heterocycles. The number of amides is 5. The van der Waals surface area contributed by atoms with Crippen LogP contribution < -0.4 is 27.0 Å². The first-order chi connectivity index (χ1) is 19.7. The van der Waals surface area contributed by atoms with Crippen LogP contribution in [0.3, 0.4) is 0 Å². The Balaban J connectivity index is 2.11. The van der Waals surface area contributed by atoms with Crippen molar-refractivity contribution in [2.24, 2.45) is 28.4 Å². The molecule has 0 bridgehead atoms. The molecule has 1 aliphatic heterocycles. The standard InChI is InChI=1S/C28H51N7O7S/c1-16(2)35(43(41)42)12-11-30-14-20(27(3,4)5)32-26(40)33-22(28(6,7)8)25(39)34-15-17-9-10-18(17)21(34)24(38)31-13-19(36)23(29)37/h16-18,20-22,30H,9-15H2,1-8H3,(H2,29,37)(H,31,38)(H,41,42)(H2,32,33,40)/p+1/t17-,18-,20+,21-,22+/m0/s1. The van der Waals surface area contributed by atoms with Crippen LogP contribution in [0.2, 0.25) is 0 Å². The van der Waals surface area contributed by atoms with Crippen molar-refractivity contribution in [1.29, 1.82) is 0 Å². The largest absolute Gasteiger partial charge is 0.363 e. The molecule has 15 heteroatoms. The molecule has 2 rings (SSSR count). The van der Waals surface area contributed by atoms with Crippen LogP contribution in [-0.4, -0.2) is 100 Å². The molecule has 14 nitrogen and oxygen atoms in total. The SMILES string of the molecule is CC(C)N(CCNC[C@@H](NC(=O)N[C@H](C(=O)N1C[C@@H]2CC[C@@H]2[C@H]1C(=O)NCC(=O)C(N)=O)C(C)(C)C)C(C)(C)C)[SH+](=O)O. The van der Waals surface area contributed by atoms with Gasteiger partial charge in [-0.15, -0.1) is 0 Å². The van der Waals surface area contributed by atoms with E-state index in [0.717, 1.165) is 12.8 Å². The number of nitrogens with two attached hydrogens (primary N) is 1. The van der Waals surface area contributed by atoms with Crippen LogP contribution in [0.4, 0.5) is 4.79 Å². The van der Waals surface area contributed by atoms with E-state index in [1.165, 1.54) is 9.21 Å². The maximum atomic E-state index is 14.0. The number of Topliss-reactive ketones (excluding diaryl/α,β-unsaturated/α-hetero) is 1. The highest BCUT2D eigenvalue weighted by molar-refractivity contribution is 7.76. The van der Waals surface area contributed by atoms with Crippen molar-refractivity contribution in [3.8, 4) is 0 Å². The number of nitrogens with one attached hydrogen (secondary N) is 4. The molecule has 1 unspecified atom stereocenters. The van der Waals surface area contributed by atoms with E-state index in [0.29, 0.717) is 26.2 Å². The molecule has 7 N–H and O–H groups in total. The van der Waals surface area contributed by atoms with Crippen LogP contribution in [0.1, 0.15) is 68.2 Å². The Labute approximate surface area is 257 Å². The van der Waals surface area contributed by atoms with E-state index in [1.54, 1.807) is 0 Å². The first-order valence-corrected chi connectivity index (χ1v) is 16.0. The number of urea groups is 1. The number of thiol groups is 1. The van der Waals surface area contributed by atoms with Crippen molar-refractivity contribution >= 4 is 40.8 Å². The lowest BCUT2D eigenvalue weighted by molar-refractivity contribution is -0.143. The van der Waals surface area contributed by atoms with E-state index in [-0.39, 0.29) is 29.3 Å². The molecule has 246 valence electrons. The highest BCUT2D eigenvalue weighted by atomic mass is 32.2. The zero-order valence-corrected chi connectivity index (χ0v) is 27.6. The lowest BCUT2D eigenvalue weighted by Gasteiger charge is -2.37. The van der Waals surface area contributed by atoms with Gasteiger partial charge in [0.2, 0.25) is 17.6 Å². The van der Waals surface area contributed by atoms with Gasteiger partial charge in [-0.1, -0.05) is 45.8 Å². The second-order valence-corrected chi connectivity index (χ2v) is 15.0.